The lowest BCUT2D eigenvalue weighted by molar-refractivity contribution is -0.147. The monoisotopic (exact) mass is 360 g/mol. The number of carboxylic acids is 2. The fourth-order valence-corrected chi connectivity index (χ4v) is 1.86. The Hall–Kier alpha value is -2.69. The molecule has 0 saturated carbocycles. The van der Waals surface area contributed by atoms with Crippen molar-refractivity contribution in [2.45, 2.75) is 51.2 Å². The first-order valence-corrected chi connectivity index (χ1v) is 7.54. The average Bonchev–Trinajstić information content (AvgIpc) is 2.47. The Bertz CT molecular complexity index is 535. The Balaban J connectivity index is 4.94. The molecule has 0 rings (SSSR count). The van der Waals surface area contributed by atoms with Gasteiger partial charge in [0.15, 0.2) is 0 Å². The molecule has 3 amide bonds. The van der Waals surface area contributed by atoms with E-state index in [4.69, 9.17) is 21.7 Å². The van der Waals surface area contributed by atoms with Crippen LogP contribution in [0.3, 0.4) is 0 Å². The van der Waals surface area contributed by atoms with Crippen LogP contribution in [0.15, 0.2) is 0 Å². The van der Waals surface area contributed by atoms with E-state index in [1.807, 2.05) is 0 Å². The number of nitrogens with two attached hydrogens (primary N) is 2. The number of rotatable bonds is 11. The number of carbonyl (C=O) groups excluding carboxylic acids is 3. The lowest BCUT2D eigenvalue weighted by atomic mass is 10.0. The Morgan fingerprint density at radius 3 is 1.96 bits per heavy atom. The zero-order valence-corrected chi connectivity index (χ0v) is 14.0. The van der Waals surface area contributed by atoms with E-state index in [0.717, 1.165) is 0 Å². The first-order valence-electron chi connectivity index (χ1n) is 7.54. The highest BCUT2D eigenvalue weighted by Gasteiger charge is 2.30. The van der Waals surface area contributed by atoms with Crippen molar-refractivity contribution in [3.05, 3.63) is 0 Å². The zero-order chi connectivity index (χ0) is 19.7. The Morgan fingerprint density at radius 1 is 1.00 bits per heavy atom. The van der Waals surface area contributed by atoms with Gasteiger partial charge in [0.1, 0.15) is 12.1 Å². The molecule has 8 N–H and O–H groups in total. The van der Waals surface area contributed by atoms with Crippen LogP contribution in [0.5, 0.6) is 0 Å². The minimum Gasteiger partial charge on any atom is -0.481 e. The van der Waals surface area contributed by atoms with Gasteiger partial charge in [-0.3, -0.25) is 19.2 Å². The van der Waals surface area contributed by atoms with Crippen LogP contribution in [-0.2, 0) is 24.0 Å². The Labute approximate surface area is 144 Å². The molecule has 0 unspecified atom stereocenters. The molecule has 0 bridgehead atoms. The molecule has 0 radical (unpaired) electrons. The van der Waals surface area contributed by atoms with E-state index < -0.39 is 60.1 Å². The van der Waals surface area contributed by atoms with Gasteiger partial charge < -0.3 is 32.3 Å². The van der Waals surface area contributed by atoms with Crippen LogP contribution in [0, 0.1) is 5.92 Å². The number of amides is 3. The number of nitrogens with one attached hydrogen (secondary N) is 2. The molecule has 0 aliphatic carbocycles. The Kier molecular flexibility index (Phi) is 9.13. The summed E-state index contributed by atoms with van der Waals surface area (Å²) < 4.78 is 0. The minimum atomic E-state index is -1.63. The zero-order valence-electron chi connectivity index (χ0n) is 14.0. The summed E-state index contributed by atoms with van der Waals surface area (Å²) in [6.45, 7) is 3.21. The molecule has 11 nitrogen and oxygen atoms in total. The van der Waals surface area contributed by atoms with Crippen molar-refractivity contribution in [1.82, 2.24) is 10.6 Å². The van der Waals surface area contributed by atoms with Gasteiger partial charge in [0.05, 0.1) is 12.5 Å². The third-order valence-electron chi connectivity index (χ3n) is 3.28. The van der Waals surface area contributed by atoms with Crippen molar-refractivity contribution in [2.75, 3.05) is 0 Å². The van der Waals surface area contributed by atoms with Crippen molar-refractivity contribution < 1.29 is 34.2 Å². The lowest BCUT2D eigenvalue weighted by Crippen LogP contribution is -2.56. The van der Waals surface area contributed by atoms with Gasteiger partial charge in [-0.15, -0.1) is 0 Å². The molecule has 25 heavy (non-hydrogen) atoms. The molecule has 3 atom stereocenters. The highest BCUT2D eigenvalue weighted by atomic mass is 16.4. The molecule has 0 spiro atoms. The number of carbonyl (C=O) groups is 5. The maximum Gasteiger partial charge on any atom is 0.326 e. The minimum absolute atomic E-state index is 0.00956. The lowest BCUT2D eigenvalue weighted by Gasteiger charge is -2.25. The van der Waals surface area contributed by atoms with Gasteiger partial charge in [-0.25, -0.2) is 4.79 Å². The first-order chi connectivity index (χ1) is 11.5. The van der Waals surface area contributed by atoms with E-state index in [9.17, 15) is 24.0 Å². The molecule has 0 aromatic rings. The second-order valence-corrected chi connectivity index (χ2v) is 5.84. The predicted molar refractivity (Wildman–Crippen MR) is 85.0 cm³/mol. The molecular weight excluding hydrogens is 336 g/mol. The molecular formula is C14H24N4O7. The number of aliphatic carboxylic acids is 2. The second kappa shape index (κ2) is 10.2. The van der Waals surface area contributed by atoms with Crippen LogP contribution < -0.4 is 22.1 Å². The van der Waals surface area contributed by atoms with Crippen LogP contribution >= 0.6 is 0 Å². The van der Waals surface area contributed by atoms with E-state index in [1.165, 1.54) is 0 Å². The normalized spacial score (nSPS) is 14.2. The van der Waals surface area contributed by atoms with E-state index in [2.05, 4.69) is 10.6 Å². The van der Waals surface area contributed by atoms with Crippen molar-refractivity contribution in [3.63, 3.8) is 0 Å². The van der Waals surface area contributed by atoms with Gasteiger partial charge in [0.2, 0.25) is 17.7 Å². The summed E-state index contributed by atoms with van der Waals surface area (Å²) in [6.07, 6.45) is -0.921. The maximum atomic E-state index is 12.2. The number of carboxylic acid groups (broad SMARTS) is 2. The van der Waals surface area contributed by atoms with Crippen molar-refractivity contribution in [3.8, 4) is 0 Å². The number of hydrogen-bond donors (Lipinski definition) is 6. The van der Waals surface area contributed by atoms with Gasteiger partial charge in [0.25, 0.3) is 0 Å². The van der Waals surface area contributed by atoms with Gasteiger partial charge in [-0.2, -0.15) is 0 Å². The third kappa shape index (κ3) is 8.65. The Morgan fingerprint density at radius 2 is 1.56 bits per heavy atom. The van der Waals surface area contributed by atoms with Crippen LogP contribution in [-0.4, -0.2) is 58.0 Å². The molecule has 0 aromatic heterocycles. The van der Waals surface area contributed by atoms with Crippen LogP contribution in [0.25, 0.3) is 0 Å². The van der Waals surface area contributed by atoms with E-state index >= 15 is 0 Å². The molecule has 142 valence electrons. The van der Waals surface area contributed by atoms with Crippen molar-refractivity contribution in [1.29, 1.82) is 0 Å². The smallest absolute Gasteiger partial charge is 0.326 e. The summed E-state index contributed by atoms with van der Waals surface area (Å²) in [5.74, 6) is -5.51. The topological polar surface area (TPSA) is 202 Å². The number of primary amides is 1. The van der Waals surface area contributed by atoms with Crippen LogP contribution in [0.1, 0.15) is 33.1 Å². The summed E-state index contributed by atoms with van der Waals surface area (Å²) in [4.78, 5) is 56.6. The van der Waals surface area contributed by atoms with Crippen molar-refractivity contribution >= 4 is 29.7 Å². The predicted octanol–water partition coefficient (Wildman–Crippen LogP) is -2.24. The largest absolute Gasteiger partial charge is 0.481 e. The summed E-state index contributed by atoms with van der Waals surface area (Å²) in [5.41, 5.74) is 10.6. The molecule has 0 aliphatic rings. The molecule has 0 aromatic carbocycles. The summed E-state index contributed by atoms with van der Waals surface area (Å²) >= 11 is 0. The quantitative estimate of drug-likeness (QED) is 0.237. The summed E-state index contributed by atoms with van der Waals surface area (Å²) in [6, 6.07) is -3.83. The van der Waals surface area contributed by atoms with E-state index in [0.29, 0.717) is 0 Å². The molecule has 11 heteroatoms. The third-order valence-corrected chi connectivity index (χ3v) is 3.28. The number of hydrogen-bond acceptors (Lipinski definition) is 6. The molecule has 0 heterocycles. The van der Waals surface area contributed by atoms with Gasteiger partial charge in [-0.05, 0) is 12.3 Å². The van der Waals surface area contributed by atoms with Crippen LogP contribution in [0.2, 0.25) is 0 Å². The average molecular weight is 360 g/mol. The van der Waals surface area contributed by atoms with Gasteiger partial charge in [0, 0.05) is 6.42 Å². The fraction of sp³-hybridized carbons (Fsp3) is 0.643. The highest BCUT2D eigenvalue weighted by Crippen LogP contribution is 2.05. The van der Waals surface area contributed by atoms with Gasteiger partial charge in [-0.1, -0.05) is 13.8 Å². The van der Waals surface area contributed by atoms with E-state index in [1.54, 1.807) is 13.8 Å². The summed E-state index contributed by atoms with van der Waals surface area (Å²) in [7, 11) is 0. The second-order valence-electron chi connectivity index (χ2n) is 5.84. The molecule has 0 saturated heterocycles. The standard InChI is InChI=1S/C14H24N4O7/c1-6(2)11(18-12(22)7(15)3-4-9(16)19)13(23)17-8(14(24)25)5-10(20)21/h6-8,11H,3-5,15H2,1-2H3,(H2,16,19)(H,17,23)(H,18,22)(H,20,21)(H,24,25)/t7-,8-,11-/m0/s1. The summed E-state index contributed by atoms with van der Waals surface area (Å²) in [5, 5.41) is 22.1. The fourth-order valence-electron chi connectivity index (χ4n) is 1.86. The van der Waals surface area contributed by atoms with Crippen molar-refractivity contribution in [2.24, 2.45) is 17.4 Å². The highest BCUT2D eigenvalue weighted by molar-refractivity contribution is 5.93. The first kappa shape index (κ1) is 22.3. The molecule has 0 aliphatic heterocycles. The SMILES string of the molecule is CC(C)[C@H](NC(=O)[C@@H](N)CCC(N)=O)C(=O)N[C@@H](CC(=O)O)C(=O)O. The van der Waals surface area contributed by atoms with Crippen LogP contribution in [0.4, 0.5) is 0 Å². The van der Waals surface area contributed by atoms with Gasteiger partial charge >= 0.3 is 11.9 Å². The molecule has 0 fully saturated rings. The maximum absolute atomic E-state index is 12.2. The van der Waals surface area contributed by atoms with E-state index in [-0.39, 0.29) is 12.8 Å².